The number of benzene rings is 4. The van der Waals surface area contributed by atoms with Crippen LogP contribution in [0.5, 0.6) is 0 Å². The molecule has 0 heterocycles. The number of amides is 2. The molecule has 1 N–H and O–H groups in total. The second-order valence-electron chi connectivity index (χ2n) is 9.27. The van der Waals surface area contributed by atoms with E-state index in [0.29, 0.717) is 16.3 Å². The van der Waals surface area contributed by atoms with Gasteiger partial charge in [0.1, 0.15) is 12.6 Å². The van der Waals surface area contributed by atoms with E-state index in [2.05, 4.69) is 27.9 Å². The van der Waals surface area contributed by atoms with Crippen molar-refractivity contribution in [3.8, 4) is 0 Å². The molecule has 0 bridgehead atoms. The first-order valence-corrected chi connectivity index (χ1v) is 15.7. The average Bonchev–Trinajstić information content (AvgIpc) is 2.98. The van der Waals surface area contributed by atoms with Crippen LogP contribution in [0.4, 0.5) is 5.69 Å². The topological polar surface area (TPSA) is 86.8 Å². The van der Waals surface area contributed by atoms with Crippen molar-refractivity contribution in [2.75, 3.05) is 17.9 Å². The summed E-state index contributed by atoms with van der Waals surface area (Å²) in [6.07, 6.45) is 0.238. The highest BCUT2D eigenvalue weighted by Crippen LogP contribution is 2.26. The number of likely N-dealkylation sites (N-methyl/N-ethyl adjacent to an activating group) is 1. The maximum Gasteiger partial charge on any atom is 0.264 e. The lowest BCUT2D eigenvalue weighted by Gasteiger charge is -2.33. The fraction of sp³-hybridized carbons (Fsp3) is 0.161. The Bertz CT molecular complexity index is 1590. The van der Waals surface area contributed by atoms with E-state index in [1.54, 1.807) is 60.7 Å². The number of halogens is 2. The smallest absolute Gasteiger partial charge is 0.264 e. The number of anilines is 1. The van der Waals surface area contributed by atoms with Crippen LogP contribution in [0.3, 0.4) is 0 Å². The summed E-state index contributed by atoms with van der Waals surface area (Å²) in [6.45, 7) is -0.461. The van der Waals surface area contributed by atoms with E-state index in [1.807, 2.05) is 36.4 Å². The van der Waals surface area contributed by atoms with E-state index in [9.17, 15) is 18.0 Å². The van der Waals surface area contributed by atoms with Crippen molar-refractivity contribution in [2.24, 2.45) is 0 Å². The van der Waals surface area contributed by atoms with Crippen molar-refractivity contribution in [3.05, 3.63) is 129 Å². The van der Waals surface area contributed by atoms with E-state index in [0.717, 1.165) is 13.4 Å². The van der Waals surface area contributed by atoms with Crippen LogP contribution < -0.4 is 9.62 Å². The third-order valence-corrected chi connectivity index (χ3v) is 9.23. The minimum atomic E-state index is -4.12. The second kappa shape index (κ2) is 14.0. The van der Waals surface area contributed by atoms with E-state index in [-0.39, 0.29) is 23.8 Å². The summed E-state index contributed by atoms with van der Waals surface area (Å²) in [5.41, 5.74) is 1.90. The number of carbonyl (C=O) groups is 2. The zero-order valence-corrected chi connectivity index (χ0v) is 26.0. The summed E-state index contributed by atoms with van der Waals surface area (Å²) in [5, 5.41) is 3.16. The predicted molar refractivity (Wildman–Crippen MR) is 170 cm³/mol. The van der Waals surface area contributed by atoms with Gasteiger partial charge in [0, 0.05) is 28.6 Å². The molecule has 7 nitrogen and oxygen atoms in total. The molecule has 0 unspecified atom stereocenters. The third-order valence-electron chi connectivity index (χ3n) is 6.48. The van der Waals surface area contributed by atoms with Gasteiger partial charge < -0.3 is 10.2 Å². The minimum Gasteiger partial charge on any atom is -0.357 e. The quantitative estimate of drug-likeness (QED) is 0.209. The van der Waals surface area contributed by atoms with Gasteiger partial charge in [0.25, 0.3) is 10.0 Å². The van der Waals surface area contributed by atoms with Crippen LogP contribution in [-0.2, 0) is 32.6 Å². The minimum absolute atomic E-state index is 0.0518. The van der Waals surface area contributed by atoms with Crippen LogP contribution in [0, 0.1) is 3.57 Å². The van der Waals surface area contributed by atoms with Gasteiger partial charge in [0.15, 0.2) is 0 Å². The van der Waals surface area contributed by atoms with Gasteiger partial charge in [-0.15, -0.1) is 0 Å². The van der Waals surface area contributed by atoms with Gasteiger partial charge in [-0.2, -0.15) is 0 Å². The van der Waals surface area contributed by atoms with Gasteiger partial charge in [0.05, 0.1) is 10.6 Å². The average molecular weight is 702 g/mol. The summed E-state index contributed by atoms with van der Waals surface area (Å²) in [5.74, 6) is -0.900. The van der Waals surface area contributed by atoms with Crippen LogP contribution >= 0.6 is 34.2 Å². The van der Waals surface area contributed by atoms with Crippen molar-refractivity contribution < 1.29 is 18.0 Å². The molecule has 2 amide bonds. The van der Waals surface area contributed by atoms with E-state index in [1.165, 1.54) is 24.1 Å². The van der Waals surface area contributed by atoms with Crippen LogP contribution in [0.2, 0.25) is 5.02 Å². The lowest BCUT2D eigenvalue weighted by molar-refractivity contribution is -0.139. The highest BCUT2D eigenvalue weighted by Gasteiger charge is 2.34. The van der Waals surface area contributed by atoms with E-state index < -0.39 is 28.5 Å². The summed E-state index contributed by atoms with van der Waals surface area (Å²) in [4.78, 5) is 29.0. The molecule has 0 aliphatic rings. The molecule has 0 aromatic heterocycles. The highest BCUT2D eigenvalue weighted by molar-refractivity contribution is 14.1. The number of hydrogen-bond acceptors (Lipinski definition) is 4. The molecule has 0 radical (unpaired) electrons. The SMILES string of the molecule is CNC(=O)[C@H](Cc1ccccc1)N(Cc1cccc(Cl)c1)C(=O)CN(c1ccc(I)cc1)S(=O)(=O)c1ccccc1. The number of sulfonamides is 1. The molecular formula is C31H29ClIN3O4S. The largest absolute Gasteiger partial charge is 0.357 e. The van der Waals surface area contributed by atoms with Crippen LogP contribution in [0.15, 0.2) is 114 Å². The molecule has 4 rings (SSSR count). The van der Waals surface area contributed by atoms with Gasteiger partial charge in [-0.25, -0.2) is 8.42 Å². The van der Waals surface area contributed by atoms with Crippen molar-refractivity contribution >= 4 is 61.7 Å². The number of hydrogen-bond donors (Lipinski definition) is 1. The zero-order chi connectivity index (χ0) is 29.4. The van der Waals surface area contributed by atoms with Crippen molar-refractivity contribution in [1.82, 2.24) is 10.2 Å². The Hall–Kier alpha value is -3.41. The maximum absolute atomic E-state index is 14.2. The fourth-order valence-electron chi connectivity index (χ4n) is 4.41. The summed E-state index contributed by atoms with van der Waals surface area (Å²) >= 11 is 8.38. The number of rotatable bonds is 11. The molecular weight excluding hydrogens is 673 g/mol. The first-order chi connectivity index (χ1) is 19.7. The van der Waals surface area contributed by atoms with Crippen molar-refractivity contribution in [3.63, 3.8) is 0 Å². The Morgan fingerprint density at radius 2 is 1.46 bits per heavy atom. The van der Waals surface area contributed by atoms with E-state index in [4.69, 9.17) is 11.6 Å². The molecule has 0 spiro atoms. The van der Waals surface area contributed by atoms with Crippen LogP contribution in [0.25, 0.3) is 0 Å². The molecule has 0 aliphatic carbocycles. The molecule has 1 atom stereocenters. The molecule has 212 valence electrons. The molecule has 4 aromatic rings. The Labute approximate surface area is 259 Å². The predicted octanol–water partition coefficient (Wildman–Crippen LogP) is 5.53. The highest BCUT2D eigenvalue weighted by atomic mass is 127. The van der Waals surface area contributed by atoms with Crippen LogP contribution in [-0.4, -0.2) is 44.8 Å². The Morgan fingerprint density at radius 3 is 2.07 bits per heavy atom. The first kappa shape index (κ1) is 30.5. The van der Waals surface area contributed by atoms with Crippen molar-refractivity contribution in [2.45, 2.75) is 23.9 Å². The van der Waals surface area contributed by atoms with Gasteiger partial charge in [0.2, 0.25) is 11.8 Å². The number of carbonyl (C=O) groups excluding carboxylic acids is 2. The zero-order valence-electron chi connectivity index (χ0n) is 22.3. The third kappa shape index (κ3) is 7.87. The van der Waals surface area contributed by atoms with E-state index >= 15 is 0 Å². The summed E-state index contributed by atoms with van der Waals surface area (Å²) < 4.78 is 29.8. The second-order valence-corrected chi connectivity index (χ2v) is 12.8. The molecule has 0 aliphatic heterocycles. The summed E-state index contributed by atoms with van der Waals surface area (Å²) in [7, 11) is -2.61. The number of nitrogens with one attached hydrogen (secondary N) is 1. The maximum atomic E-state index is 14.2. The van der Waals surface area contributed by atoms with Gasteiger partial charge in [-0.1, -0.05) is 72.3 Å². The number of nitrogens with zero attached hydrogens (tertiary/aromatic N) is 2. The molecule has 4 aromatic carbocycles. The van der Waals surface area contributed by atoms with Crippen LogP contribution in [0.1, 0.15) is 11.1 Å². The standard InChI is InChI=1S/C31H29ClIN3O4S/c1-34-31(38)29(20-23-9-4-2-5-10-23)35(21-24-11-8-12-25(32)19-24)30(37)22-36(27-17-15-26(33)16-18-27)41(39,40)28-13-6-3-7-14-28/h2-19,29H,20-22H2,1H3,(H,34,38)/t29-/m0/s1. The lowest BCUT2D eigenvalue weighted by atomic mass is 10.0. The monoisotopic (exact) mass is 701 g/mol. The Kier molecular flexibility index (Phi) is 10.4. The summed E-state index contributed by atoms with van der Waals surface area (Å²) in [6, 6.07) is 30.4. The fourth-order valence-corrected chi connectivity index (χ4v) is 6.42. The molecule has 0 saturated heterocycles. The van der Waals surface area contributed by atoms with Gasteiger partial charge in [-0.3, -0.25) is 13.9 Å². The van der Waals surface area contributed by atoms with Crippen molar-refractivity contribution in [1.29, 1.82) is 0 Å². The Balaban J connectivity index is 1.78. The van der Waals surface area contributed by atoms with Gasteiger partial charge in [-0.05, 0) is 82.2 Å². The normalized spacial score (nSPS) is 11.9. The molecule has 0 fully saturated rings. The molecule has 41 heavy (non-hydrogen) atoms. The molecule has 0 saturated carbocycles. The van der Waals surface area contributed by atoms with Gasteiger partial charge >= 0.3 is 0 Å². The molecule has 10 heteroatoms. The Morgan fingerprint density at radius 1 is 0.854 bits per heavy atom. The lowest BCUT2D eigenvalue weighted by Crippen LogP contribution is -2.53. The first-order valence-electron chi connectivity index (χ1n) is 12.8.